The van der Waals surface area contributed by atoms with Gasteiger partial charge in [0, 0.05) is 36.9 Å². The largest absolute Gasteiger partial charge is 0.389 e. The van der Waals surface area contributed by atoms with E-state index in [4.69, 9.17) is 18.0 Å². The number of nitrogens with two attached hydrogens (primary N) is 1. The van der Waals surface area contributed by atoms with Crippen molar-refractivity contribution >= 4 is 22.9 Å². The number of thiocarbonyl (C=S) groups is 1. The molecule has 1 aromatic carbocycles. The lowest BCUT2D eigenvalue weighted by Gasteiger charge is -2.40. The van der Waals surface area contributed by atoms with Crippen molar-refractivity contribution in [2.75, 3.05) is 31.6 Å². The van der Waals surface area contributed by atoms with Crippen LogP contribution < -0.4 is 10.6 Å². The number of aryl methyl sites for hydroxylation is 1. The normalized spacial score (nSPS) is 21.1. The summed E-state index contributed by atoms with van der Waals surface area (Å²) in [7, 11) is 2.17. The molecule has 0 bridgehead atoms. The van der Waals surface area contributed by atoms with Crippen molar-refractivity contribution < 1.29 is 0 Å². The van der Waals surface area contributed by atoms with Gasteiger partial charge in [-0.05, 0) is 32.5 Å². The molecule has 3 nitrogen and oxygen atoms in total. The van der Waals surface area contributed by atoms with Gasteiger partial charge in [0.2, 0.25) is 0 Å². The van der Waals surface area contributed by atoms with E-state index in [1.165, 1.54) is 11.3 Å². The third-order valence-electron chi connectivity index (χ3n) is 3.78. The van der Waals surface area contributed by atoms with Crippen LogP contribution in [0, 0.1) is 6.92 Å². The zero-order chi connectivity index (χ0) is 13.3. The molecule has 1 aromatic rings. The van der Waals surface area contributed by atoms with E-state index < -0.39 is 0 Å². The Kier molecular flexibility index (Phi) is 3.88. The van der Waals surface area contributed by atoms with E-state index in [2.05, 4.69) is 36.8 Å². The number of likely N-dealkylation sites (N-methyl/N-ethyl adjacent to an activating group) is 1. The maximum atomic E-state index is 5.85. The molecule has 0 spiro atoms. The van der Waals surface area contributed by atoms with Crippen molar-refractivity contribution in [1.82, 2.24) is 4.90 Å². The fourth-order valence-corrected chi connectivity index (χ4v) is 2.69. The van der Waals surface area contributed by atoms with E-state index in [9.17, 15) is 0 Å². The van der Waals surface area contributed by atoms with Gasteiger partial charge in [0.15, 0.2) is 0 Å². The molecule has 1 saturated heterocycles. The van der Waals surface area contributed by atoms with Crippen LogP contribution in [0.1, 0.15) is 18.1 Å². The van der Waals surface area contributed by atoms with Crippen molar-refractivity contribution in [2.24, 2.45) is 5.73 Å². The summed E-state index contributed by atoms with van der Waals surface area (Å²) in [4.78, 5) is 5.28. The number of hydrogen-bond donors (Lipinski definition) is 1. The van der Waals surface area contributed by atoms with E-state index in [0.29, 0.717) is 11.0 Å². The van der Waals surface area contributed by atoms with Gasteiger partial charge < -0.3 is 15.5 Å². The average Bonchev–Trinajstić information content (AvgIpc) is 2.32. The van der Waals surface area contributed by atoms with Gasteiger partial charge in [-0.3, -0.25) is 0 Å². The third-order valence-corrected chi connectivity index (χ3v) is 4.00. The average molecular weight is 263 g/mol. The van der Waals surface area contributed by atoms with Crippen LogP contribution in [-0.2, 0) is 0 Å². The number of para-hydroxylation sites is 1. The summed E-state index contributed by atoms with van der Waals surface area (Å²) in [5.41, 5.74) is 9.31. The minimum atomic E-state index is 0.486. The van der Waals surface area contributed by atoms with Crippen LogP contribution >= 0.6 is 12.2 Å². The van der Waals surface area contributed by atoms with Crippen LogP contribution in [-0.4, -0.2) is 42.6 Å². The molecule has 0 aliphatic carbocycles. The highest BCUT2D eigenvalue weighted by molar-refractivity contribution is 7.80. The van der Waals surface area contributed by atoms with Gasteiger partial charge in [0.1, 0.15) is 4.99 Å². The number of benzene rings is 1. The van der Waals surface area contributed by atoms with Crippen LogP contribution in [0.3, 0.4) is 0 Å². The highest BCUT2D eigenvalue weighted by Gasteiger charge is 2.23. The molecule has 1 aliphatic heterocycles. The first-order valence-electron chi connectivity index (χ1n) is 6.35. The lowest BCUT2D eigenvalue weighted by atomic mass is 10.0. The first-order chi connectivity index (χ1) is 8.50. The molecule has 1 unspecified atom stereocenters. The van der Waals surface area contributed by atoms with Crippen LogP contribution in [0.2, 0.25) is 0 Å². The second-order valence-electron chi connectivity index (χ2n) is 5.11. The van der Waals surface area contributed by atoms with E-state index in [0.717, 1.165) is 25.2 Å². The monoisotopic (exact) mass is 263 g/mol. The molecule has 1 fully saturated rings. The Balaban J connectivity index is 2.36. The maximum absolute atomic E-state index is 5.85. The molecule has 1 heterocycles. The van der Waals surface area contributed by atoms with E-state index >= 15 is 0 Å². The Bertz CT molecular complexity index is 458. The smallest absolute Gasteiger partial charge is 0.106 e. The second kappa shape index (κ2) is 5.24. The fourth-order valence-electron chi connectivity index (χ4n) is 2.53. The molecule has 1 aliphatic rings. The lowest BCUT2D eigenvalue weighted by Crippen LogP contribution is -2.50. The molecule has 98 valence electrons. The summed E-state index contributed by atoms with van der Waals surface area (Å²) in [6.07, 6.45) is 0. The van der Waals surface area contributed by atoms with Gasteiger partial charge in [0.05, 0.1) is 0 Å². The van der Waals surface area contributed by atoms with Gasteiger partial charge in [0.25, 0.3) is 0 Å². The SMILES string of the molecule is Cc1cccc(C(N)=S)c1N1CCN(C)C(C)C1. The van der Waals surface area contributed by atoms with E-state index in [-0.39, 0.29) is 0 Å². The minimum Gasteiger partial charge on any atom is -0.389 e. The van der Waals surface area contributed by atoms with Crippen LogP contribution in [0.15, 0.2) is 18.2 Å². The Labute approximate surface area is 115 Å². The van der Waals surface area contributed by atoms with Gasteiger partial charge >= 0.3 is 0 Å². The van der Waals surface area contributed by atoms with Crippen LogP contribution in [0.5, 0.6) is 0 Å². The Morgan fingerprint density at radius 3 is 2.72 bits per heavy atom. The molecular formula is C14H21N3S. The van der Waals surface area contributed by atoms with Crippen LogP contribution in [0.4, 0.5) is 5.69 Å². The Morgan fingerprint density at radius 1 is 1.39 bits per heavy atom. The summed E-state index contributed by atoms with van der Waals surface area (Å²) >= 11 is 5.17. The standard InChI is InChI=1S/C14H21N3S/c1-10-5-4-6-12(14(15)18)13(10)17-8-7-16(3)11(2)9-17/h4-6,11H,7-9H2,1-3H3,(H2,15,18). The molecular weight excluding hydrogens is 242 g/mol. The predicted octanol–water partition coefficient (Wildman–Crippen LogP) is 1.77. The molecule has 1 atom stereocenters. The summed E-state index contributed by atoms with van der Waals surface area (Å²) in [6, 6.07) is 6.72. The van der Waals surface area contributed by atoms with Crippen molar-refractivity contribution in [1.29, 1.82) is 0 Å². The van der Waals surface area contributed by atoms with Gasteiger partial charge in [-0.1, -0.05) is 24.4 Å². The highest BCUT2D eigenvalue weighted by atomic mass is 32.1. The molecule has 2 N–H and O–H groups in total. The summed E-state index contributed by atoms with van der Waals surface area (Å²) in [5.74, 6) is 0. The summed E-state index contributed by atoms with van der Waals surface area (Å²) in [5, 5.41) is 0. The van der Waals surface area contributed by atoms with Crippen molar-refractivity contribution in [3.63, 3.8) is 0 Å². The number of nitrogens with zero attached hydrogens (tertiary/aromatic N) is 2. The quantitative estimate of drug-likeness (QED) is 0.824. The lowest BCUT2D eigenvalue weighted by molar-refractivity contribution is 0.234. The Morgan fingerprint density at radius 2 is 2.11 bits per heavy atom. The minimum absolute atomic E-state index is 0.486. The van der Waals surface area contributed by atoms with Gasteiger partial charge in [-0.25, -0.2) is 0 Å². The summed E-state index contributed by atoms with van der Waals surface area (Å²) < 4.78 is 0. The maximum Gasteiger partial charge on any atom is 0.106 e. The van der Waals surface area contributed by atoms with Crippen molar-refractivity contribution in [3.05, 3.63) is 29.3 Å². The predicted molar refractivity (Wildman–Crippen MR) is 81.4 cm³/mol. The molecule has 0 saturated carbocycles. The first kappa shape index (κ1) is 13.3. The molecule has 0 aromatic heterocycles. The second-order valence-corrected chi connectivity index (χ2v) is 5.55. The zero-order valence-electron chi connectivity index (χ0n) is 11.3. The number of rotatable bonds is 2. The molecule has 2 rings (SSSR count). The third kappa shape index (κ3) is 2.49. The van der Waals surface area contributed by atoms with Crippen molar-refractivity contribution in [2.45, 2.75) is 19.9 Å². The molecule has 0 amide bonds. The summed E-state index contributed by atoms with van der Waals surface area (Å²) in [6.45, 7) is 7.51. The molecule has 18 heavy (non-hydrogen) atoms. The Hall–Kier alpha value is -1.13. The number of anilines is 1. The first-order valence-corrected chi connectivity index (χ1v) is 6.76. The number of piperazine rings is 1. The van der Waals surface area contributed by atoms with Crippen molar-refractivity contribution in [3.8, 4) is 0 Å². The topological polar surface area (TPSA) is 32.5 Å². The zero-order valence-corrected chi connectivity index (χ0v) is 12.1. The highest BCUT2D eigenvalue weighted by Crippen LogP contribution is 2.27. The van der Waals surface area contributed by atoms with E-state index in [1.54, 1.807) is 0 Å². The fraction of sp³-hybridized carbons (Fsp3) is 0.500. The number of hydrogen-bond acceptors (Lipinski definition) is 3. The van der Waals surface area contributed by atoms with E-state index in [1.807, 2.05) is 12.1 Å². The molecule has 4 heteroatoms. The van der Waals surface area contributed by atoms with Gasteiger partial charge in [-0.2, -0.15) is 0 Å². The van der Waals surface area contributed by atoms with Gasteiger partial charge in [-0.15, -0.1) is 0 Å². The molecule has 0 radical (unpaired) electrons. The van der Waals surface area contributed by atoms with Crippen LogP contribution in [0.25, 0.3) is 0 Å².